The van der Waals surface area contributed by atoms with Crippen molar-refractivity contribution in [3.63, 3.8) is 0 Å². The van der Waals surface area contributed by atoms with Gasteiger partial charge in [-0.2, -0.15) is 13.5 Å². The molecule has 9 heteroatoms. The summed E-state index contributed by atoms with van der Waals surface area (Å²) in [6, 6.07) is 6.62. The number of H-pyrrole nitrogens is 1. The summed E-state index contributed by atoms with van der Waals surface area (Å²) >= 11 is 3.25. The number of carbonyl (C=O) groups excluding carboxylic acids is 1. The Morgan fingerprint density at radius 3 is 2.90 bits per heavy atom. The third kappa shape index (κ3) is 3.61. The molecule has 1 heterocycles. The van der Waals surface area contributed by atoms with Crippen LogP contribution < -0.4 is 4.72 Å². The molecular weight excluding hydrogens is 362 g/mol. The second-order valence-corrected chi connectivity index (χ2v) is 6.48. The van der Waals surface area contributed by atoms with E-state index < -0.39 is 16.0 Å². The van der Waals surface area contributed by atoms with Gasteiger partial charge in [0.15, 0.2) is 5.03 Å². The molecule has 112 valence electrons. The molecule has 1 aromatic carbocycles. The van der Waals surface area contributed by atoms with Crippen LogP contribution in [-0.2, 0) is 14.8 Å². The monoisotopic (exact) mass is 373 g/mol. The van der Waals surface area contributed by atoms with Crippen molar-refractivity contribution in [1.82, 2.24) is 10.2 Å². The lowest BCUT2D eigenvalue weighted by Crippen LogP contribution is -2.17. The molecule has 0 aliphatic carbocycles. The van der Waals surface area contributed by atoms with Crippen molar-refractivity contribution in [3.8, 4) is 0 Å². The summed E-state index contributed by atoms with van der Waals surface area (Å²) < 4.78 is 32.5. The molecule has 1 aromatic heterocycles. The summed E-state index contributed by atoms with van der Waals surface area (Å²) in [5, 5.41) is 5.57. The van der Waals surface area contributed by atoms with Gasteiger partial charge in [0.25, 0.3) is 10.0 Å². The maximum Gasteiger partial charge on any atom is 0.342 e. The van der Waals surface area contributed by atoms with Gasteiger partial charge in [-0.3, -0.25) is 9.82 Å². The first-order valence-electron chi connectivity index (χ1n) is 5.93. The Balaban J connectivity index is 2.32. The van der Waals surface area contributed by atoms with Crippen LogP contribution in [0.5, 0.6) is 0 Å². The highest BCUT2D eigenvalue weighted by Crippen LogP contribution is 2.21. The first-order valence-corrected chi connectivity index (χ1v) is 8.20. The van der Waals surface area contributed by atoms with Gasteiger partial charge in [0, 0.05) is 10.2 Å². The van der Waals surface area contributed by atoms with Crippen LogP contribution in [0.2, 0.25) is 0 Å². The van der Waals surface area contributed by atoms with Gasteiger partial charge >= 0.3 is 5.97 Å². The highest BCUT2D eigenvalue weighted by Gasteiger charge is 2.26. The number of hydrogen-bond donors (Lipinski definition) is 2. The number of halogens is 1. The summed E-state index contributed by atoms with van der Waals surface area (Å²) in [5.74, 6) is -0.749. The Morgan fingerprint density at radius 2 is 2.24 bits per heavy atom. The number of ether oxygens (including phenoxy) is 1. The van der Waals surface area contributed by atoms with Gasteiger partial charge < -0.3 is 4.74 Å². The van der Waals surface area contributed by atoms with Gasteiger partial charge in [-0.05, 0) is 25.1 Å². The Kier molecular flexibility index (Phi) is 4.63. The number of nitrogens with one attached hydrogen (secondary N) is 2. The summed E-state index contributed by atoms with van der Waals surface area (Å²) in [7, 11) is -3.97. The standard InChI is InChI=1S/C12H12BrN3O4S/c1-2-20-12(17)10-7-14-15-11(10)21(18,19)16-9-5-3-4-8(13)6-9/h3-7,16H,2H2,1H3,(H,14,15). The van der Waals surface area contributed by atoms with Crippen molar-refractivity contribution in [3.05, 3.63) is 40.5 Å². The van der Waals surface area contributed by atoms with E-state index in [2.05, 4.69) is 30.8 Å². The quantitative estimate of drug-likeness (QED) is 0.781. The average molecular weight is 374 g/mol. The molecule has 0 fully saturated rings. The number of carbonyl (C=O) groups is 1. The van der Waals surface area contributed by atoms with Gasteiger partial charge in [0.05, 0.1) is 12.8 Å². The summed E-state index contributed by atoms with van der Waals surface area (Å²) in [5.41, 5.74) is 0.216. The highest BCUT2D eigenvalue weighted by atomic mass is 79.9. The second kappa shape index (κ2) is 6.27. The molecule has 2 aromatic rings. The lowest BCUT2D eigenvalue weighted by molar-refractivity contribution is 0.0522. The Bertz CT molecular complexity index is 757. The average Bonchev–Trinajstić information content (AvgIpc) is 2.88. The molecule has 0 spiro atoms. The minimum absolute atomic E-state index is 0.139. The van der Waals surface area contributed by atoms with Gasteiger partial charge in [0.1, 0.15) is 5.56 Å². The first-order chi connectivity index (χ1) is 9.94. The number of aromatic amines is 1. The van der Waals surface area contributed by atoms with E-state index in [0.717, 1.165) is 10.7 Å². The maximum atomic E-state index is 12.3. The van der Waals surface area contributed by atoms with E-state index in [4.69, 9.17) is 4.74 Å². The zero-order valence-corrected chi connectivity index (χ0v) is 13.4. The number of sulfonamides is 1. The number of nitrogens with zero attached hydrogens (tertiary/aromatic N) is 1. The predicted octanol–water partition coefficient (Wildman–Crippen LogP) is 2.15. The van der Waals surface area contributed by atoms with E-state index >= 15 is 0 Å². The number of aromatic nitrogens is 2. The Morgan fingerprint density at radius 1 is 1.48 bits per heavy atom. The second-order valence-electron chi connectivity index (χ2n) is 3.95. The zero-order chi connectivity index (χ0) is 15.5. The molecule has 0 saturated heterocycles. The molecule has 2 N–H and O–H groups in total. The first kappa shape index (κ1) is 15.5. The molecule has 0 radical (unpaired) electrons. The topological polar surface area (TPSA) is 101 Å². The van der Waals surface area contributed by atoms with Crippen LogP contribution >= 0.6 is 15.9 Å². The fourth-order valence-corrected chi connectivity index (χ4v) is 3.13. The fourth-order valence-electron chi connectivity index (χ4n) is 1.59. The van der Waals surface area contributed by atoms with Crippen molar-refractivity contribution in [2.24, 2.45) is 0 Å². The van der Waals surface area contributed by atoms with Crippen LogP contribution in [-0.4, -0.2) is 31.2 Å². The molecule has 2 rings (SSSR count). The number of esters is 1. The molecule has 0 amide bonds. The number of hydrogen-bond acceptors (Lipinski definition) is 5. The molecule has 7 nitrogen and oxygen atoms in total. The van der Waals surface area contributed by atoms with E-state index in [1.54, 1.807) is 31.2 Å². The van der Waals surface area contributed by atoms with Crippen molar-refractivity contribution in [1.29, 1.82) is 0 Å². The minimum Gasteiger partial charge on any atom is -0.462 e. The van der Waals surface area contributed by atoms with Crippen LogP contribution in [0.3, 0.4) is 0 Å². The molecule has 0 bridgehead atoms. The molecule has 0 saturated carbocycles. The molecule has 0 aliphatic rings. The van der Waals surface area contributed by atoms with Crippen LogP contribution in [0.1, 0.15) is 17.3 Å². The van der Waals surface area contributed by atoms with Crippen molar-refractivity contribution >= 4 is 37.6 Å². The van der Waals surface area contributed by atoms with Gasteiger partial charge in [-0.15, -0.1) is 0 Å². The van der Waals surface area contributed by atoms with Gasteiger partial charge in [-0.1, -0.05) is 22.0 Å². The zero-order valence-electron chi connectivity index (χ0n) is 11.0. The molecule has 0 aliphatic heterocycles. The number of anilines is 1. The van der Waals surface area contributed by atoms with Crippen LogP contribution in [0, 0.1) is 0 Å². The number of benzene rings is 1. The largest absolute Gasteiger partial charge is 0.462 e. The fraction of sp³-hybridized carbons (Fsp3) is 0.167. The van der Waals surface area contributed by atoms with Crippen LogP contribution in [0.4, 0.5) is 5.69 Å². The van der Waals surface area contributed by atoms with Crippen LogP contribution in [0.15, 0.2) is 40.0 Å². The summed E-state index contributed by atoms with van der Waals surface area (Å²) in [6.45, 7) is 1.77. The summed E-state index contributed by atoms with van der Waals surface area (Å²) in [4.78, 5) is 11.7. The van der Waals surface area contributed by atoms with E-state index in [0.29, 0.717) is 5.69 Å². The van der Waals surface area contributed by atoms with Crippen molar-refractivity contribution < 1.29 is 17.9 Å². The van der Waals surface area contributed by atoms with E-state index in [-0.39, 0.29) is 17.2 Å². The van der Waals surface area contributed by atoms with E-state index in [1.807, 2.05) is 0 Å². The van der Waals surface area contributed by atoms with E-state index in [1.165, 1.54) is 0 Å². The Labute approximate surface area is 129 Å². The lowest BCUT2D eigenvalue weighted by atomic mass is 10.3. The van der Waals surface area contributed by atoms with Crippen LogP contribution in [0.25, 0.3) is 0 Å². The summed E-state index contributed by atoms with van der Waals surface area (Å²) in [6.07, 6.45) is 1.12. The van der Waals surface area contributed by atoms with Gasteiger partial charge in [-0.25, -0.2) is 4.79 Å². The normalized spacial score (nSPS) is 11.1. The molecule has 0 atom stereocenters. The minimum atomic E-state index is -3.97. The predicted molar refractivity (Wildman–Crippen MR) is 79.5 cm³/mol. The smallest absolute Gasteiger partial charge is 0.342 e. The molecule has 21 heavy (non-hydrogen) atoms. The SMILES string of the molecule is CCOC(=O)c1cn[nH]c1S(=O)(=O)Nc1cccc(Br)c1. The highest BCUT2D eigenvalue weighted by molar-refractivity contribution is 9.10. The Hall–Kier alpha value is -1.87. The maximum absolute atomic E-state index is 12.3. The van der Waals surface area contributed by atoms with Gasteiger partial charge in [0.2, 0.25) is 0 Å². The molecule has 0 unspecified atom stereocenters. The van der Waals surface area contributed by atoms with Crippen molar-refractivity contribution in [2.75, 3.05) is 11.3 Å². The third-order valence-corrected chi connectivity index (χ3v) is 4.29. The number of rotatable bonds is 5. The van der Waals surface area contributed by atoms with Crippen molar-refractivity contribution in [2.45, 2.75) is 11.9 Å². The van der Waals surface area contributed by atoms with E-state index in [9.17, 15) is 13.2 Å². The molecular formula is C12H12BrN3O4S. The lowest BCUT2D eigenvalue weighted by Gasteiger charge is -2.08. The third-order valence-electron chi connectivity index (χ3n) is 2.45.